The van der Waals surface area contributed by atoms with Crippen molar-refractivity contribution in [3.63, 3.8) is 0 Å². The van der Waals surface area contributed by atoms with E-state index in [1.165, 1.54) is 24.3 Å². The number of ether oxygens (including phenoxy) is 1. The number of hydrogen-bond donors (Lipinski definition) is 1. The van der Waals surface area contributed by atoms with E-state index in [0.29, 0.717) is 0 Å². The molecule has 0 atom stereocenters. The van der Waals surface area contributed by atoms with Gasteiger partial charge in [0.1, 0.15) is 6.61 Å². The molecule has 0 aromatic heterocycles. The summed E-state index contributed by atoms with van der Waals surface area (Å²) in [7, 11) is 0. The maximum atomic E-state index is 13.4. The van der Waals surface area contributed by atoms with Gasteiger partial charge in [0.2, 0.25) is 0 Å². The van der Waals surface area contributed by atoms with E-state index in [2.05, 4.69) is 5.32 Å². The number of halogens is 2. The van der Waals surface area contributed by atoms with Gasteiger partial charge in [-0.05, 0) is 11.6 Å². The van der Waals surface area contributed by atoms with Crippen molar-refractivity contribution < 1.29 is 18.3 Å². The first-order chi connectivity index (χ1) is 10.7. The molecule has 0 unspecified atom stereocenters. The van der Waals surface area contributed by atoms with Gasteiger partial charge in [-0.3, -0.25) is 0 Å². The van der Waals surface area contributed by atoms with E-state index in [0.717, 1.165) is 11.6 Å². The molecule has 0 saturated heterocycles. The molecule has 114 valence electrons. The van der Waals surface area contributed by atoms with Gasteiger partial charge in [0, 0.05) is 12.1 Å². The molecule has 0 aliphatic heterocycles. The van der Waals surface area contributed by atoms with Crippen LogP contribution in [0.25, 0.3) is 6.08 Å². The molecule has 5 heteroatoms. The summed E-state index contributed by atoms with van der Waals surface area (Å²) in [5.74, 6) is -1.82. The quantitative estimate of drug-likeness (QED) is 0.909. The largest absolute Gasteiger partial charge is 0.445 e. The Labute approximate surface area is 127 Å². The Morgan fingerprint density at radius 2 is 1.86 bits per heavy atom. The van der Waals surface area contributed by atoms with Crippen molar-refractivity contribution >= 4 is 12.2 Å². The number of amides is 1. The fourth-order valence-corrected chi connectivity index (χ4v) is 1.75. The molecule has 0 fully saturated rings. The van der Waals surface area contributed by atoms with Crippen LogP contribution in [0.15, 0.2) is 54.6 Å². The Hall–Kier alpha value is -2.69. The average Bonchev–Trinajstić information content (AvgIpc) is 2.54. The van der Waals surface area contributed by atoms with Crippen LogP contribution in [-0.4, -0.2) is 12.6 Å². The van der Waals surface area contributed by atoms with Crippen molar-refractivity contribution in [2.75, 3.05) is 6.54 Å². The molecule has 1 amide bonds. The molecule has 0 aliphatic rings. The van der Waals surface area contributed by atoms with Gasteiger partial charge in [0.05, 0.1) is 0 Å². The lowest BCUT2D eigenvalue weighted by atomic mass is 10.2. The highest BCUT2D eigenvalue weighted by Crippen LogP contribution is 2.12. The molecule has 1 N–H and O–H groups in total. The maximum absolute atomic E-state index is 13.4. The molecular weight excluding hydrogens is 288 g/mol. The molecule has 0 heterocycles. The highest BCUT2D eigenvalue weighted by Gasteiger charge is 2.04. The average molecular weight is 303 g/mol. The number of nitrogens with one attached hydrogen (secondary N) is 1. The predicted octanol–water partition coefficient (Wildman–Crippen LogP) is 3.90. The van der Waals surface area contributed by atoms with Crippen molar-refractivity contribution in [1.29, 1.82) is 0 Å². The zero-order valence-electron chi connectivity index (χ0n) is 11.8. The monoisotopic (exact) mass is 303 g/mol. The lowest BCUT2D eigenvalue weighted by Crippen LogP contribution is -2.24. The number of hydrogen-bond acceptors (Lipinski definition) is 2. The third-order valence-electron chi connectivity index (χ3n) is 2.86. The third-order valence-corrected chi connectivity index (χ3v) is 2.86. The zero-order chi connectivity index (χ0) is 15.8. The minimum absolute atomic E-state index is 0.124. The lowest BCUT2D eigenvalue weighted by molar-refractivity contribution is 0.141. The van der Waals surface area contributed by atoms with Gasteiger partial charge < -0.3 is 10.1 Å². The summed E-state index contributed by atoms with van der Waals surface area (Å²) in [6, 6.07) is 13.2. The van der Waals surface area contributed by atoms with Crippen molar-refractivity contribution in [2.45, 2.75) is 6.61 Å². The van der Waals surface area contributed by atoms with Gasteiger partial charge in [-0.25, -0.2) is 13.6 Å². The standard InChI is InChI=1S/C17H15F2NO2/c18-15-10-4-8-14(16(15)19)9-5-11-20-17(21)22-12-13-6-2-1-3-7-13/h1-10H,11-12H2,(H,20,21). The molecule has 2 aromatic rings. The Morgan fingerprint density at radius 3 is 2.64 bits per heavy atom. The second kappa shape index (κ2) is 7.93. The predicted molar refractivity (Wildman–Crippen MR) is 80.0 cm³/mol. The highest BCUT2D eigenvalue weighted by atomic mass is 19.2. The highest BCUT2D eigenvalue weighted by molar-refractivity contribution is 5.67. The van der Waals surface area contributed by atoms with Gasteiger partial charge in [0.25, 0.3) is 0 Å². The number of carbonyl (C=O) groups excluding carboxylic acids is 1. The molecule has 0 aliphatic carbocycles. The third kappa shape index (κ3) is 4.70. The van der Waals surface area contributed by atoms with E-state index < -0.39 is 17.7 Å². The molecule has 3 nitrogen and oxygen atoms in total. The number of carbonyl (C=O) groups is 1. The molecule has 22 heavy (non-hydrogen) atoms. The first kappa shape index (κ1) is 15.7. The molecule has 0 bridgehead atoms. The summed E-state index contributed by atoms with van der Waals surface area (Å²) in [5, 5.41) is 2.49. The summed E-state index contributed by atoms with van der Waals surface area (Å²) in [4.78, 5) is 11.4. The summed E-state index contributed by atoms with van der Waals surface area (Å²) in [6.07, 6.45) is 2.34. The maximum Gasteiger partial charge on any atom is 0.407 e. The summed E-state index contributed by atoms with van der Waals surface area (Å²) < 4.78 is 31.3. The number of rotatable bonds is 5. The first-order valence-corrected chi connectivity index (χ1v) is 6.72. The Balaban J connectivity index is 1.75. The normalized spacial score (nSPS) is 10.6. The second-order valence-electron chi connectivity index (χ2n) is 4.49. The van der Waals surface area contributed by atoms with Crippen LogP contribution in [0.4, 0.5) is 13.6 Å². The van der Waals surface area contributed by atoms with E-state index in [1.54, 1.807) is 0 Å². The van der Waals surface area contributed by atoms with Gasteiger partial charge in [-0.2, -0.15) is 0 Å². The van der Waals surface area contributed by atoms with E-state index in [1.807, 2.05) is 30.3 Å². The van der Waals surface area contributed by atoms with Gasteiger partial charge in [-0.1, -0.05) is 54.6 Å². The van der Waals surface area contributed by atoms with E-state index in [-0.39, 0.29) is 18.7 Å². The smallest absolute Gasteiger partial charge is 0.407 e. The van der Waals surface area contributed by atoms with Crippen LogP contribution in [0.1, 0.15) is 11.1 Å². The van der Waals surface area contributed by atoms with Gasteiger partial charge in [0.15, 0.2) is 11.6 Å². The molecular formula is C17H15F2NO2. The van der Waals surface area contributed by atoms with Crippen LogP contribution in [0.3, 0.4) is 0 Å². The zero-order valence-corrected chi connectivity index (χ0v) is 11.8. The van der Waals surface area contributed by atoms with Crippen molar-refractivity contribution in [3.05, 3.63) is 77.4 Å². The molecule has 0 radical (unpaired) electrons. The van der Waals surface area contributed by atoms with Crippen molar-refractivity contribution in [1.82, 2.24) is 5.32 Å². The van der Waals surface area contributed by atoms with Crippen molar-refractivity contribution in [3.8, 4) is 0 Å². The summed E-state index contributed by atoms with van der Waals surface area (Å²) >= 11 is 0. The van der Waals surface area contributed by atoms with E-state index >= 15 is 0 Å². The lowest BCUT2D eigenvalue weighted by Gasteiger charge is -2.05. The van der Waals surface area contributed by atoms with Crippen LogP contribution in [-0.2, 0) is 11.3 Å². The Kier molecular flexibility index (Phi) is 5.65. The Bertz CT molecular complexity index is 657. The SMILES string of the molecule is O=C(NCC=Cc1cccc(F)c1F)OCc1ccccc1. The molecule has 0 saturated carbocycles. The Morgan fingerprint density at radius 1 is 1.09 bits per heavy atom. The van der Waals surface area contributed by atoms with E-state index in [9.17, 15) is 13.6 Å². The van der Waals surface area contributed by atoms with Gasteiger partial charge >= 0.3 is 6.09 Å². The van der Waals surface area contributed by atoms with Crippen LogP contribution < -0.4 is 5.32 Å². The minimum atomic E-state index is -0.912. The molecule has 2 rings (SSSR count). The van der Waals surface area contributed by atoms with Crippen LogP contribution in [0.2, 0.25) is 0 Å². The first-order valence-electron chi connectivity index (χ1n) is 6.72. The van der Waals surface area contributed by atoms with Gasteiger partial charge in [-0.15, -0.1) is 0 Å². The van der Waals surface area contributed by atoms with Crippen LogP contribution >= 0.6 is 0 Å². The summed E-state index contributed by atoms with van der Waals surface area (Å²) in [5.41, 5.74) is 1.01. The molecule has 2 aromatic carbocycles. The van der Waals surface area contributed by atoms with Crippen LogP contribution in [0, 0.1) is 11.6 Å². The molecule has 0 spiro atoms. The topological polar surface area (TPSA) is 38.3 Å². The number of benzene rings is 2. The fraction of sp³-hybridized carbons (Fsp3) is 0.118. The second-order valence-corrected chi connectivity index (χ2v) is 4.49. The van der Waals surface area contributed by atoms with Crippen LogP contribution in [0.5, 0.6) is 0 Å². The van der Waals surface area contributed by atoms with Crippen molar-refractivity contribution in [2.24, 2.45) is 0 Å². The number of alkyl carbamates (subject to hydrolysis) is 1. The summed E-state index contributed by atoms with van der Waals surface area (Å²) in [6.45, 7) is 0.332. The minimum Gasteiger partial charge on any atom is -0.445 e. The van der Waals surface area contributed by atoms with E-state index in [4.69, 9.17) is 4.74 Å². The fourth-order valence-electron chi connectivity index (χ4n) is 1.75.